The zero-order valence-electron chi connectivity index (χ0n) is 13.9. The highest BCUT2D eigenvalue weighted by Crippen LogP contribution is 2.26. The van der Waals surface area contributed by atoms with Crippen LogP contribution < -0.4 is 5.69 Å². The Morgan fingerprint density at radius 1 is 1.19 bits per heavy atom. The summed E-state index contributed by atoms with van der Waals surface area (Å²) < 4.78 is 3.11. The number of imidazole rings is 1. The average molecular weight is 365 g/mol. The summed E-state index contributed by atoms with van der Waals surface area (Å²) in [7, 11) is 1.58. The number of nitrogens with zero attached hydrogens (tertiary/aromatic N) is 4. The normalized spacial score (nSPS) is 11.0. The molecule has 0 aliphatic carbocycles. The van der Waals surface area contributed by atoms with Gasteiger partial charge in [-0.15, -0.1) is 11.3 Å². The van der Waals surface area contributed by atoms with Gasteiger partial charge in [-0.05, 0) is 23.6 Å². The number of carbonyl (C=O) groups is 1. The molecule has 0 amide bonds. The van der Waals surface area contributed by atoms with E-state index in [0.29, 0.717) is 11.6 Å². The highest BCUT2D eigenvalue weighted by atomic mass is 32.1. The van der Waals surface area contributed by atoms with Gasteiger partial charge in [0.05, 0.1) is 17.0 Å². The number of para-hydroxylation sites is 1. The molecule has 0 spiro atoms. The van der Waals surface area contributed by atoms with Crippen LogP contribution in [0.15, 0.2) is 58.8 Å². The topological polar surface area (TPSA) is 85.6 Å². The third kappa shape index (κ3) is 2.91. The van der Waals surface area contributed by atoms with Gasteiger partial charge in [-0.2, -0.15) is 5.10 Å². The molecule has 130 valence electrons. The minimum absolute atomic E-state index is 0.0109. The molecule has 1 aromatic carbocycles. The number of carbonyl (C=O) groups excluding carboxylic acids is 1. The van der Waals surface area contributed by atoms with Crippen molar-refractivity contribution in [3.05, 3.63) is 76.2 Å². The van der Waals surface area contributed by atoms with Crippen LogP contribution in [0.25, 0.3) is 16.3 Å². The smallest absolute Gasteiger partial charge is 0.297 e. The lowest BCUT2D eigenvalue weighted by Gasteiger charge is -2.06. The van der Waals surface area contributed by atoms with Crippen LogP contribution in [0, 0.1) is 0 Å². The van der Waals surface area contributed by atoms with Gasteiger partial charge in [0.15, 0.2) is 5.82 Å². The van der Waals surface area contributed by atoms with Gasteiger partial charge in [-0.3, -0.25) is 13.9 Å². The van der Waals surface area contributed by atoms with Crippen LogP contribution in [0.5, 0.6) is 0 Å². The summed E-state index contributed by atoms with van der Waals surface area (Å²) in [5.41, 5.74) is 1.24. The highest BCUT2D eigenvalue weighted by molar-refractivity contribution is 7.13. The van der Waals surface area contributed by atoms with Crippen molar-refractivity contribution in [1.82, 2.24) is 24.3 Å². The van der Waals surface area contributed by atoms with Crippen molar-refractivity contribution in [1.29, 1.82) is 0 Å². The second-order valence-electron chi connectivity index (χ2n) is 5.74. The van der Waals surface area contributed by atoms with Gasteiger partial charge in [-0.25, -0.2) is 14.9 Å². The Kier molecular flexibility index (Phi) is 4.10. The molecule has 0 radical (unpaired) electrons. The number of thiophene rings is 1. The Morgan fingerprint density at radius 2 is 2.00 bits per heavy atom. The number of hydrogen-bond acceptors (Lipinski definition) is 5. The maximum Gasteiger partial charge on any atom is 0.343 e. The van der Waals surface area contributed by atoms with Crippen molar-refractivity contribution in [3.8, 4) is 16.3 Å². The summed E-state index contributed by atoms with van der Waals surface area (Å²) in [6, 6.07) is 13.5. The summed E-state index contributed by atoms with van der Waals surface area (Å²) in [5, 5.41) is 8.23. The van der Waals surface area contributed by atoms with Gasteiger partial charge < -0.3 is 0 Å². The van der Waals surface area contributed by atoms with E-state index in [-0.39, 0.29) is 17.9 Å². The summed E-state index contributed by atoms with van der Waals surface area (Å²) in [4.78, 5) is 30.0. The van der Waals surface area contributed by atoms with E-state index in [2.05, 4.69) is 15.2 Å². The van der Waals surface area contributed by atoms with Gasteiger partial charge in [0.2, 0.25) is 5.78 Å². The Morgan fingerprint density at radius 3 is 2.65 bits per heavy atom. The van der Waals surface area contributed by atoms with Gasteiger partial charge in [-0.1, -0.05) is 24.3 Å². The average Bonchev–Trinajstić information content (AvgIpc) is 3.39. The molecule has 26 heavy (non-hydrogen) atoms. The van der Waals surface area contributed by atoms with E-state index in [4.69, 9.17) is 0 Å². The van der Waals surface area contributed by atoms with Crippen LogP contribution in [0.1, 0.15) is 16.4 Å². The number of H-pyrrole nitrogens is 1. The van der Waals surface area contributed by atoms with Crippen LogP contribution >= 0.6 is 11.3 Å². The van der Waals surface area contributed by atoms with Crippen LogP contribution in [0.4, 0.5) is 0 Å². The van der Waals surface area contributed by atoms with Gasteiger partial charge in [0.25, 0.3) is 0 Å². The van der Waals surface area contributed by atoms with Crippen LogP contribution in [0.3, 0.4) is 0 Å². The minimum Gasteiger partial charge on any atom is -0.297 e. The zero-order chi connectivity index (χ0) is 18.1. The minimum atomic E-state index is -0.349. The molecule has 0 saturated carbocycles. The molecule has 0 unspecified atom stereocenters. The monoisotopic (exact) mass is 365 g/mol. The number of Topliss-reactive ketones (excluding diaryl/α,β-unsaturated/α-hetero) is 1. The molecule has 1 N–H and O–H groups in total. The van der Waals surface area contributed by atoms with E-state index in [0.717, 1.165) is 16.3 Å². The van der Waals surface area contributed by atoms with E-state index in [9.17, 15) is 9.59 Å². The molecule has 3 aromatic heterocycles. The second-order valence-corrected chi connectivity index (χ2v) is 6.68. The molecule has 7 nitrogen and oxygen atoms in total. The molecule has 4 rings (SSSR count). The van der Waals surface area contributed by atoms with Crippen LogP contribution in [-0.4, -0.2) is 30.1 Å². The van der Waals surface area contributed by atoms with Crippen molar-refractivity contribution in [2.75, 3.05) is 0 Å². The summed E-state index contributed by atoms with van der Waals surface area (Å²) in [6.45, 7) is 0. The third-order valence-corrected chi connectivity index (χ3v) is 4.95. The van der Waals surface area contributed by atoms with Crippen LogP contribution in [-0.2, 0) is 13.5 Å². The number of aromatic amines is 1. The van der Waals surface area contributed by atoms with E-state index in [1.807, 2.05) is 54.0 Å². The number of benzene rings is 1. The lowest BCUT2D eigenvalue weighted by atomic mass is 10.2. The first-order chi connectivity index (χ1) is 12.6. The summed E-state index contributed by atoms with van der Waals surface area (Å²) >= 11 is 1.56. The first-order valence-corrected chi connectivity index (χ1v) is 8.83. The van der Waals surface area contributed by atoms with Crippen molar-refractivity contribution >= 4 is 17.1 Å². The van der Waals surface area contributed by atoms with Crippen molar-refractivity contribution in [3.63, 3.8) is 0 Å². The predicted octanol–water partition coefficient (Wildman–Crippen LogP) is 2.45. The number of ketones is 1. The Labute approximate surface area is 152 Å². The summed E-state index contributed by atoms with van der Waals surface area (Å²) in [6.07, 6.45) is 1.85. The molecule has 4 aromatic rings. The van der Waals surface area contributed by atoms with Crippen molar-refractivity contribution in [2.45, 2.75) is 6.42 Å². The SMILES string of the molecule is Cn1c(CC(=O)c2nc(-c3cccs3)cn2-c2ccccc2)n[nH]c1=O. The molecular weight excluding hydrogens is 350 g/mol. The largest absolute Gasteiger partial charge is 0.343 e. The number of rotatable bonds is 5. The molecule has 0 bridgehead atoms. The van der Waals surface area contributed by atoms with E-state index < -0.39 is 0 Å². The fourth-order valence-electron chi connectivity index (χ4n) is 2.67. The van der Waals surface area contributed by atoms with Crippen molar-refractivity contribution in [2.24, 2.45) is 7.05 Å². The van der Waals surface area contributed by atoms with Crippen molar-refractivity contribution < 1.29 is 4.79 Å². The fraction of sp³-hybridized carbons (Fsp3) is 0.111. The molecule has 0 aliphatic rings. The first-order valence-electron chi connectivity index (χ1n) is 7.95. The summed E-state index contributed by atoms with van der Waals surface area (Å²) in [5.74, 6) is 0.481. The predicted molar refractivity (Wildman–Crippen MR) is 98.7 cm³/mol. The standard InChI is InChI=1S/C18H15N5O2S/c1-22-16(20-21-18(22)25)10-14(24)17-19-13(15-8-5-9-26-15)11-23(17)12-6-3-2-4-7-12/h2-9,11H,10H2,1H3,(H,21,25). The quantitative estimate of drug-likeness (QED) is 0.551. The Balaban J connectivity index is 1.77. The lowest BCUT2D eigenvalue weighted by molar-refractivity contribution is 0.0978. The van der Waals surface area contributed by atoms with E-state index in [1.165, 1.54) is 4.57 Å². The maximum atomic E-state index is 12.9. The molecule has 0 atom stereocenters. The number of nitrogens with one attached hydrogen (secondary N) is 1. The zero-order valence-corrected chi connectivity index (χ0v) is 14.7. The lowest BCUT2D eigenvalue weighted by Crippen LogP contribution is -2.18. The number of aromatic nitrogens is 5. The fourth-order valence-corrected chi connectivity index (χ4v) is 3.35. The molecular formula is C18H15N5O2S. The number of hydrogen-bond donors (Lipinski definition) is 1. The third-order valence-electron chi connectivity index (χ3n) is 4.05. The molecule has 0 saturated heterocycles. The maximum absolute atomic E-state index is 12.9. The van der Waals surface area contributed by atoms with E-state index >= 15 is 0 Å². The van der Waals surface area contributed by atoms with E-state index in [1.54, 1.807) is 23.0 Å². The highest BCUT2D eigenvalue weighted by Gasteiger charge is 2.20. The Hall–Kier alpha value is -3.26. The van der Waals surface area contributed by atoms with Crippen LogP contribution in [0.2, 0.25) is 0 Å². The second kappa shape index (κ2) is 6.57. The Bertz CT molecular complexity index is 1110. The molecule has 0 aliphatic heterocycles. The van der Waals surface area contributed by atoms with Gasteiger partial charge >= 0.3 is 5.69 Å². The molecule has 3 heterocycles. The molecule has 8 heteroatoms. The van der Waals surface area contributed by atoms with Gasteiger partial charge in [0.1, 0.15) is 5.82 Å². The first kappa shape index (κ1) is 16.2. The van der Waals surface area contributed by atoms with Gasteiger partial charge in [0, 0.05) is 18.9 Å². The molecule has 0 fully saturated rings.